The summed E-state index contributed by atoms with van der Waals surface area (Å²) in [5.74, 6) is 0.398. The van der Waals surface area contributed by atoms with Crippen molar-refractivity contribution in [3.63, 3.8) is 0 Å². The molecular formula is C17H23N5O. The Morgan fingerprint density at radius 3 is 2.52 bits per heavy atom. The number of amides is 1. The van der Waals surface area contributed by atoms with Gasteiger partial charge in [0.15, 0.2) is 0 Å². The fourth-order valence-electron chi connectivity index (χ4n) is 1.96. The topological polar surface area (TPSA) is 70.2 Å². The minimum Gasteiger partial charge on any atom is -0.368 e. The number of anilines is 2. The third-order valence-electron chi connectivity index (χ3n) is 3.51. The van der Waals surface area contributed by atoms with E-state index in [9.17, 15) is 4.79 Å². The van der Waals surface area contributed by atoms with Crippen molar-refractivity contribution >= 4 is 17.4 Å². The fourth-order valence-corrected chi connectivity index (χ4v) is 1.96. The van der Waals surface area contributed by atoms with Gasteiger partial charge in [0, 0.05) is 18.8 Å². The van der Waals surface area contributed by atoms with Gasteiger partial charge >= 0.3 is 0 Å². The van der Waals surface area contributed by atoms with Crippen LogP contribution in [-0.4, -0.2) is 48.0 Å². The van der Waals surface area contributed by atoms with Gasteiger partial charge in [-0.15, -0.1) is 0 Å². The maximum atomic E-state index is 12.2. The van der Waals surface area contributed by atoms with E-state index in [0.29, 0.717) is 11.5 Å². The number of aromatic nitrogens is 2. The molecule has 2 rings (SSSR count). The maximum absolute atomic E-state index is 12.2. The molecule has 0 aliphatic heterocycles. The molecule has 2 aromatic rings. The Hall–Kier alpha value is -2.47. The van der Waals surface area contributed by atoms with Crippen LogP contribution in [0.15, 0.2) is 30.6 Å². The van der Waals surface area contributed by atoms with Crippen molar-refractivity contribution in [1.82, 2.24) is 14.9 Å². The van der Waals surface area contributed by atoms with Gasteiger partial charge in [-0.1, -0.05) is 6.07 Å². The number of aryl methyl sites for hydroxylation is 2. The van der Waals surface area contributed by atoms with Crippen LogP contribution in [0, 0.1) is 13.8 Å². The van der Waals surface area contributed by atoms with Crippen LogP contribution in [0.1, 0.15) is 21.6 Å². The van der Waals surface area contributed by atoms with Crippen molar-refractivity contribution in [3.05, 3.63) is 47.4 Å². The highest BCUT2D eigenvalue weighted by atomic mass is 16.1. The molecule has 0 aliphatic carbocycles. The Kier molecular flexibility index (Phi) is 5.65. The second-order valence-electron chi connectivity index (χ2n) is 5.77. The average Bonchev–Trinajstić information content (AvgIpc) is 2.51. The van der Waals surface area contributed by atoms with Gasteiger partial charge in [0.1, 0.15) is 11.5 Å². The van der Waals surface area contributed by atoms with Crippen molar-refractivity contribution < 1.29 is 4.79 Å². The summed E-state index contributed by atoms with van der Waals surface area (Å²) in [6, 6.07) is 5.80. The van der Waals surface area contributed by atoms with Gasteiger partial charge in [-0.25, -0.2) is 9.97 Å². The van der Waals surface area contributed by atoms with Gasteiger partial charge in [-0.3, -0.25) is 4.79 Å². The minimum atomic E-state index is -0.263. The molecule has 23 heavy (non-hydrogen) atoms. The van der Waals surface area contributed by atoms with E-state index >= 15 is 0 Å². The van der Waals surface area contributed by atoms with Gasteiger partial charge in [0.05, 0.1) is 12.4 Å². The third-order valence-corrected chi connectivity index (χ3v) is 3.51. The van der Waals surface area contributed by atoms with E-state index in [-0.39, 0.29) is 5.91 Å². The summed E-state index contributed by atoms with van der Waals surface area (Å²) in [6.45, 7) is 5.72. The lowest BCUT2D eigenvalue weighted by Gasteiger charge is -2.11. The monoisotopic (exact) mass is 313 g/mol. The molecule has 0 bridgehead atoms. The maximum Gasteiger partial charge on any atom is 0.275 e. The molecule has 1 aromatic carbocycles. The number of hydrogen-bond donors (Lipinski definition) is 2. The van der Waals surface area contributed by atoms with Gasteiger partial charge in [-0.05, 0) is 51.2 Å². The summed E-state index contributed by atoms with van der Waals surface area (Å²) in [5, 5.41) is 5.99. The zero-order valence-electron chi connectivity index (χ0n) is 14.1. The van der Waals surface area contributed by atoms with Crippen LogP contribution in [0.4, 0.5) is 11.5 Å². The smallest absolute Gasteiger partial charge is 0.275 e. The van der Waals surface area contributed by atoms with Crippen LogP contribution in [0.25, 0.3) is 0 Å². The van der Waals surface area contributed by atoms with Gasteiger partial charge in [0.25, 0.3) is 5.91 Å². The molecule has 0 saturated carbocycles. The molecule has 6 nitrogen and oxygen atoms in total. The Morgan fingerprint density at radius 2 is 1.91 bits per heavy atom. The molecule has 0 radical (unpaired) electrons. The molecule has 0 atom stereocenters. The first-order valence-corrected chi connectivity index (χ1v) is 7.55. The van der Waals surface area contributed by atoms with Crippen LogP contribution >= 0.6 is 0 Å². The first-order valence-electron chi connectivity index (χ1n) is 7.55. The molecule has 0 aliphatic rings. The zero-order chi connectivity index (χ0) is 16.8. The van der Waals surface area contributed by atoms with Crippen LogP contribution in [0.3, 0.4) is 0 Å². The normalized spacial score (nSPS) is 10.7. The molecular weight excluding hydrogens is 290 g/mol. The number of carbonyl (C=O) groups is 1. The highest BCUT2D eigenvalue weighted by molar-refractivity contribution is 6.02. The lowest BCUT2D eigenvalue weighted by Crippen LogP contribution is -2.21. The number of benzene rings is 1. The molecule has 6 heteroatoms. The summed E-state index contributed by atoms with van der Waals surface area (Å²) < 4.78 is 0. The van der Waals surface area contributed by atoms with E-state index in [4.69, 9.17) is 0 Å². The molecule has 0 unspecified atom stereocenters. The minimum absolute atomic E-state index is 0.263. The summed E-state index contributed by atoms with van der Waals surface area (Å²) in [7, 11) is 4.02. The number of nitrogens with zero attached hydrogens (tertiary/aromatic N) is 3. The van der Waals surface area contributed by atoms with Crippen molar-refractivity contribution in [2.75, 3.05) is 37.8 Å². The Balaban J connectivity index is 1.95. The number of hydrogen-bond acceptors (Lipinski definition) is 5. The largest absolute Gasteiger partial charge is 0.368 e. The molecule has 0 spiro atoms. The SMILES string of the molecule is Cc1ccc(NC(=O)c2cnc(NCCN(C)C)cn2)cc1C. The van der Waals surface area contributed by atoms with Crippen LogP contribution in [-0.2, 0) is 0 Å². The van der Waals surface area contributed by atoms with Crippen LogP contribution in [0.5, 0.6) is 0 Å². The first-order chi connectivity index (χ1) is 11.0. The quantitative estimate of drug-likeness (QED) is 0.856. The Morgan fingerprint density at radius 1 is 1.13 bits per heavy atom. The summed E-state index contributed by atoms with van der Waals surface area (Å²) in [6.07, 6.45) is 3.05. The second-order valence-corrected chi connectivity index (χ2v) is 5.77. The van der Waals surface area contributed by atoms with Gasteiger partial charge < -0.3 is 15.5 Å². The Bertz CT molecular complexity index is 667. The van der Waals surface area contributed by atoms with Crippen LogP contribution < -0.4 is 10.6 Å². The van der Waals surface area contributed by atoms with Crippen molar-refractivity contribution in [1.29, 1.82) is 0 Å². The predicted octanol–water partition coefficient (Wildman–Crippen LogP) is 2.32. The Labute approximate surface area is 137 Å². The van der Waals surface area contributed by atoms with Gasteiger partial charge in [0.2, 0.25) is 0 Å². The molecule has 0 fully saturated rings. The molecule has 1 amide bonds. The lowest BCUT2D eigenvalue weighted by molar-refractivity contribution is 0.102. The number of carbonyl (C=O) groups excluding carboxylic acids is 1. The average molecular weight is 313 g/mol. The van der Waals surface area contributed by atoms with E-state index < -0.39 is 0 Å². The van der Waals surface area contributed by atoms with Crippen molar-refractivity contribution in [3.8, 4) is 0 Å². The lowest BCUT2D eigenvalue weighted by atomic mass is 10.1. The summed E-state index contributed by atoms with van der Waals surface area (Å²) in [4.78, 5) is 22.6. The van der Waals surface area contributed by atoms with Crippen molar-refractivity contribution in [2.45, 2.75) is 13.8 Å². The van der Waals surface area contributed by atoms with E-state index in [0.717, 1.165) is 24.3 Å². The van der Waals surface area contributed by atoms with Crippen LogP contribution in [0.2, 0.25) is 0 Å². The third kappa shape index (κ3) is 5.03. The van der Waals surface area contributed by atoms with E-state index in [1.807, 2.05) is 46.1 Å². The molecule has 1 heterocycles. The number of likely N-dealkylation sites (N-methyl/N-ethyl adjacent to an activating group) is 1. The molecule has 2 N–H and O–H groups in total. The standard InChI is InChI=1S/C17H23N5O/c1-12-5-6-14(9-13(12)2)21-17(23)15-10-20-16(11-19-15)18-7-8-22(3)4/h5-6,9-11H,7-8H2,1-4H3,(H,18,20)(H,21,23). The second kappa shape index (κ2) is 7.69. The first kappa shape index (κ1) is 16.9. The van der Waals surface area contributed by atoms with Gasteiger partial charge in [-0.2, -0.15) is 0 Å². The van der Waals surface area contributed by atoms with Crippen molar-refractivity contribution in [2.24, 2.45) is 0 Å². The molecule has 122 valence electrons. The number of nitrogens with one attached hydrogen (secondary N) is 2. The molecule has 0 saturated heterocycles. The summed E-state index contributed by atoms with van der Waals surface area (Å²) >= 11 is 0. The number of rotatable bonds is 6. The van der Waals surface area contributed by atoms with E-state index in [2.05, 4.69) is 25.5 Å². The van der Waals surface area contributed by atoms with E-state index in [1.165, 1.54) is 11.8 Å². The predicted molar refractivity (Wildman–Crippen MR) is 92.9 cm³/mol. The highest BCUT2D eigenvalue weighted by Gasteiger charge is 2.09. The molecule has 1 aromatic heterocycles. The van der Waals surface area contributed by atoms with E-state index in [1.54, 1.807) is 6.20 Å². The fraction of sp³-hybridized carbons (Fsp3) is 0.353. The summed E-state index contributed by atoms with van der Waals surface area (Å²) in [5.41, 5.74) is 3.37. The zero-order valence-corrected chi connectivity index (χ0v) is 14.1. The highest BCUT2D eigenvalue weighted by Crippen LogP contribution is 2.15.